The number of phenols is 1. The topological polar surface area (TPSA) is 398 Å². The van der Waals surface area contributed by atoms with Gasteiger partial charge in [-0.05, 0) is 176 Å². The molecule has 9 atom stereocenters. The van der Waals surface area contributed by atoms with Crippen molar-refractivity contribution in [3.63, 3.8) is 0 Å². The molecule has 27 nitrogen and oxygen atoms in total. The van der Waals surface area contributed by atoms with Gasteiger partial charge < -0.3 is 94.6 Å². The molecule has 0 aromatic heterocycles. The number of ether oxygens (including phenoxy) is 3. The average molecular weight is 1640 g/mol. The lowest BCUT2D eigenvalue weighted by Crippen LogP contribution is -2.59. The van der Waals surface area contributed by atoms with Gasteiger partial charge in [-0.25, -0.2) is 0 Å². The SMILES string of the molecule is CC(C)[C@H]1NC(=O)[C@@H](Cc2ccc(Cl)cc2)NCCOc2ccccc2CCCNC(=O)[C@H](CN)NC1=O.CC(C)[C@H]1NC(=O)[C@@H](Cc2ccc(O)cc2)NCCOc2ccccc2CCCNC(=O)[C@H](CC2CC2)NC1=O.CC(C)[C@H]1NC(=O)[C@@H](Cc2cccc(Cl)c2)NCCOc2ccccc2CCCNC(=O)[C@H](CN)NC1=O. The van der Waals surface area contributed by atoms with Crippen LogP contribution < -0.4 is 89.5 Å². The van der Waals surface area contributed by atoms with Crippen LogP contribution in [0.15, 0.2) is 146 Å². The van der Waals surface area contributed by atoms with Crippen molar-refractivity contribution < 1.29 is 62.5 Å². The number of phenolic OH excluding ortho intramolecular Hbond substituents is 1. The third-order valence-electron chi connectivity index (χ3n) is 20.3. The van der Waals surface area contributed by atoms with Crippen LogP contribution in [0.4, 0.5) is 0 Å². The maximum atomic E-state index is 13.5. The summed E-state index contributed by atoms with van der Waals surface area (Å²) < 4.78 is 18.1. The van der Waals surface area contributed by atoms with Gasteiger partial charge in [0.1, 0.15) is 79.1 Å². The molecule has 10 rings (SSSR count). The van der Waals surface area contributed by atoms with Gasteiger partial charge in [-0.1, -0.05) is 169 Å². The number of carbonyl (C=O) groups is 9. The predicted molar refractivity (Wildman–Crippen MR) is 449 cm³/mol. The molecule has 9 amide bonds. The van der Waals surface area contributed by atoms with Crippen LogP contribution in [0.2, 0.25) is 10.0 Å². The summed E-state index contributed by atoms with van der Waals surface area (Å²) in [6, 6.07) is 37.9. The number of fused-ring (bicyclic) bond motifs is 3. The van der Waals surface area contributed by atoms with Crippen molar-refractivity contribution in [2.45, 2.75) is 173 Å². The first-order valence-electron chi connectivity index (χ1n) is 40.5. The molecule has 1 fully saturated rings. The molecule has 0 spiro atoms. The van der Waals surface area contributed by atoms with E-state index in [9.17, 15) is 48.3 Å². The van der Waals surface area contributed by atoms with E-state index < -0.39 is 66.2 Å². The minimum Gasteiger partial charge on any atom is -0.508 e. The van der Waals surface area contributed by atoms with E-state index in [-0.39, 0.29) is 77.9 Å². The quantitative estimate of drug-likeness (QED) is 0.0669. The minimum atomic E-state index is -0.907. The number of aromatic hydroxyl groups is 1. The van der Waals surface area contributed by atoms with Crippen LogP contribution in [0.1, 0.15) is 113 Å². The summed E-state index contributed by atoms with van der Waals surface area (Å²) in [6.45, 7) is 14.6. The fourth-order valence-corrected chi connectivity index (χ4v) is 13.8. The Bertz CT molecular complexity index is 4150. The van der Waals surface area contributed by atoms with Crippen LogP contribution >= 0.6 is 23.2 Å². The number of hydrogen-bond acceptors (Lipinski definition) is 18. The Kier molecular flexibility index (Phi) is 37.9. The van der Waals surface area contributed by atoms with Crippen molar-refractivity contribution >= 4 is 76.4 Å². The zero-order valence-electron chi connectivity index (χ0n) is 67.4. The molecular formula is C87H118Cl2N14O13. The molecular weight excluding hydrogens is 1520 g/mol. The normalized spacial score (nSPS) is 22.7. The molecule has 628 valence electrons. The Morgan fingerprint density at radius 2 is 0.716 bits per heavy atom. The number of amides is 9. The summed E-state index contributed by atoms with van der Waals surface area (Å²) in [5.41, 5.74) is 17.4. The van der Waals surface area contributed by atoms with Crippen molar-refractivity contribution in [1.29, 1.82) is 0 Å². The highest BCUT2D eigenvalue weighted by Gasteiger charge is 2.37. The fourth-order valence-electron chi connectivity index (χ4n) is 13.5. The Hall–Kier alpha value is -9.87. The summed E-state index contributed by atoms with van der Waals surface area (Å²) >= 11 is 12.2. The number of hydrogen-bond donors (Lipinski definition) is 15. The van der Waals surface area contributed by atoms with E-state index in [4.69, 9.17) is 48.9 Å². The van der Waals surface area contributed by atoms with Crippen LogP contribution in [0.5, 0.6) is 23.0 Å². The van der Waals surface area contributed by atoms with E-state index in [1.807, 2.05) is 145 Å². The van der Waals surface area contributed by atoms with Gasteiger partial charge in [0.15, 0.2) is 0 Å². The largest absolute Gasteiger partial charge is 0.508 e. The molecule has 0 radical (unpaired) electrons. The number of para-hydroxylation sites is 3. The van der Waals surface area contributed by atoms with Gasteiger partial charge in [0, 0.05) is 62.4 Å². The highest BCUT2D eigenvalue weighted by Crippen LogP contribution is 2.34. The first-order valence-corrected chi connectivity index (χ1v) is 41.3. The van der Waals surface area contributed by atoms with E-state index in [1.54, 1.807) is 42.5 Å². The van der Waals surface area contributed by atoms with E-state index in [2.05, 4.69) is 63.8 Å². The zero-order valence-corrected chi connectivity index (χ0v) is 68.9. The molecule has 0 saturated heterocycles. The standard InChI is InChI=1S/C31H42N4O5.2C28H38ClN5O4/c1-20(2)28-31(39)34-26(19-21-9-10-21)29(37)33-15-5-7-23-6-3-4-8-27(23)40-17-16-32-25(30(38)35-28)18-22-11-13-24(36)14-12-22;1-18(2)25-28(37)33-23(17-30)26(35)32-12-6-9-20-8-3-4-11-24(20)38-14-13-31-22(27(36)34-25)16-19-7-5-10-21(29)15-19;1-18(2)25-28(37)33-23(17-30)26(35)32-13-5-7-20-6-3-4-8-24(20)38-15-14-31-22(27(36)34-25)16-19-9-11-21(29)12-10-19/h3-4,6,8,11-14,20-21,25-26,28,32,36H,5,7,9-10,15-19H2,1-2H3,(H,33,37)(H,34,39)(H,35,38);3-5,7-8,10-11,15,18,22-23,25,31H,6,9,12-14,16-17,30H2,1-2H3,(H,32,35)(H,33,37)(H,34,36);3-4,6,8-12,18,22-23,25,31H,5,7,13-17,30H2,1-2H3,(H,32,35)(H,33,37)(H,34,36)/t25-,26+,28-;2*22-,23+,25-/m111/s1. The van der Waals surface area contributed by atoms with Crippen LogP contribution in [-0.4, -0.2) is 185 Å². The number of rotatable bonds is 13. The third-order valence-corrected chi connectivity index (χ3v) is 20.8. The molecule has 29 heteroatoms. The molecule has 4 aliphatic rings. The second kappa shape index (κ2) is 48.0. The predicted octanol–water partition coefficient (Wildman–Crippen LogP) is 5.59. The summed E-state index contributed by atoms with van der Waals surface area (Å²) in [4.78, 5) is 119. The Morgan fingerprint density at radius 1 is 0.371 bits per heavy atom. The average Bonchev–Trinajstić information content (AvgIpc) is 1.31. The molecule has 3 aliphatic heterocycles. The van der Waals surface area contributed by atoms with Gasteiger partial charge in [0.2, 0.25) is 53.2 Å². The van der Waals surface area contributed by atoms with Crippen molar-refractivity contribution in [1.82, 2.24) is 63.8 Å². The minimum absolute atomic E-state index is 0.0618. The van der Waals surface area contributed by atoms with Gasteiger partial charge in [-0.15, -0.1) is 0 Å². The Balaban J connectivity index is 0.000000217. The summed E-state index contributed by atoms with van der Waals surface area (Å²) in [7, 11) is 0. The van der Waals surface area contributed by atoms with Gasteiger partial charge in [0.25, 0.3) is 0 Å². The van der Waals surface area contributed by atoms with E-state index in [0.717, 1.165) is 76.3 Å². The maximum absolute atomic E-state index is 13.5. The van der Waals surface area contributed by atoms with Crippen LogP contribution in [-0.2, 0) is 81.7 Å². The van der Waals surface area contributed by atoms with Crippen LogP contribution in [0.3, 0.4) is 0 Å². The van der Waals surface area contributed by atoms with Crippen LogP contribution in [0.25, 0.3) is 0 Å². The number of carbonyl (C=O) groups excluding carboxylic acids is 9. The lowest BCUT2D eigenvalue weighted by Gasteiger charge is -2.27. The van der Waals surface area contributed by atoms with Crippen molar-refractivity contribution in [3.05, 3.63) is 189 Å². The van der Waals surface area contributed by atoms with Crippen molar-refractivity contribution in [2.75, 3.05) is 72.2 Å². The number of aryl methyl sites for hydroxylation is 3. The monoisotopic (exact) mass is 1640 g/mol. The van der Waals surface area contributed by atoms with Gasteiger partial charge in [0.05, 0.1) is 18.1 Å². The number of benzene rings is 6. The Labute approximate surface area is 691 Å². The fraction of sp³-hybridized carbons (Fsp3) is 0.483. The first-order chi connectivity index (χ1) is 55.9. The van der Waals surface area contributed by atoms with Crippen molar-refractivity contribution in [2.24, 2.45) is 35.1 Å². The van der Waals surface area contributed by atoms with Crippen LogP contribution in [0, 0.1) is 23.7 Å². The molecule has 6 aromatic carbocycles. The van der Waals surface area contributed by atoms with Gasteiger partial charge in [-0.2, -0.15) is 0 Å². The molecule has 0 bridgehead atoms. The van der Waals surface area contributed by atoms with Crippen molar-refractivity contribution in [3.8, 4) is 23.0 Å². The molecule has 3 heterocycles. The highest BCUT2D eigenvalue weighted by molar-refractivity contribution is 6.30. The van der Waals surface area contributed by atoms with E-state index in [1.165, 1.54) is 0 Å². The van der Waals surface area contributed by atoms with Gasteiger partial charge in [-0.3, -0.25) is 43.2 Å². The summed E-state index contributed by atoms with van der Waals surface area (Å²) in [5, 5.41) is 46.5. The smallest absolute Gasteiger partial charge is 0.243 e. The summed E-state index contributed by atoms with van der Waals surface area (Å²) in [5.74, 6) is -0.879. The molecule has 1 saturated carbocycles. The number of nitrogens with two attached hydrogens (primary N) is 2. The third kappa shape index (κ3) is 30.6. The van der Waals surface area contributed by atoms with Gasteiger partial charge >= 0.3 is 0 Å². The lowest BCUT2D eigenvalue weighted by molar-refractivity contribution is -0.133. The molecule has 6 aromatic rings. The number of nitrogens with one attached hydrogen (secondary N) is 12. The molecule has 0 unspecified atom stereocenters. The molecule has 1 aliphatic carbocycles. The lowest BCUT2D eigenvalue weighted by atomic mass is 10.00. The summed E-state index contributed by atoms with van der Waals surface area (Å²) in [6.07, 6.45) is 8.13. The second-order valence-electron chi connectivity index (χ2n) is 30.6. The Morgan fingerprint density at radius 3 is 1.07 bits per heavy atom. The molecule has 116 heavy (non-hydrogen) atoms. The maximum Gasteiger partial charge on any atom is 0.243 e. The second-order valence-corrected chi connectivity index (χ2v) is 31.5. The zero-order chi connectivity index (χ0) is 83.5. The van der Waals surface area contributed by atoms with E-state index in [0.29, 0.717) is 126 Å². The first kappa shape index (κ1) is 91.7. The molecule has 17 N–H and O–H groups in total. The number of halogens is 2. The van der Waals surface area contributed by atoms with E-state index >= 15 is 0 Å². The highest BCUT2D eigenvalue weighted by atomic mass is 35.5.